The zero-order valence-corrected chi connectivity index (χ0v) is 7.03. The van der Waals surface area contributed by atoms with Crippen molar-refractivity contribution in [1.82, 2.24) is 10.1 Å². The predicted molar refractivity (Wildman–Crippen MR) is 50.2 cm³/mol. The van der Waals surface area contributed by atoms with Gasteiger partial charge in [0, 0.05) is 13.1 Å². The van der Waals surface area contributed by atoms with Crippen molar-refractivity contribution < 1.29 is 4.52 Å². The molecule has 0 fully saturated rings. The largest absolute Gasteiger partial charge is 0.387 e. The molecule has 0 radical (unpaired) electrons. The van der Waals surface area contributed by atoms with Crippen LogP contribution in [0.15, 0.2) is 10.6 Å². The van der Waals surface area contributed by atoms with Gasteiger partial charge in [0.1, 0.15) is 11.2 Å². The number of hydrogen-bond donors (Lipinski definition) is 3. The van der Waals surface area contributed by atoms with Crippen LogP contribution in [-0.2, 0) is 0 Å². The van der Waals surface area contributed by atoms with E-state index in [1.807, 2.05) is 0 Å². The van der Waals surface area contributed by atoms with Crippen molar-refractivity contribution in [2.24, 2.45) is 0 Å². The highest BCUT2D eigenvalue weighted by Gasteiger charge is 2.11. The Hall–Kier alpha value is -1.98. The van der Waals surface area contributed by atoms with E-state index in [9.17, 15) is 0 Å². The van der Waals surface area contributed by atoms with Crippen LogP contribution in [0.1, 0.15) is 0 Å². The molecule has 0 saturated heterocycles. The van der Waals surface area contributed by atoms with E-state index in [1.165, 1.54) is 0 Å². The SMILES string of the molecule is CNc1cc(N)nc2onc(N)c12. The number of nitrogens with one attached hydrogen (secondary N) is 1. The third kappa shape index (κ3) is 1.03. The van der Waals surface area contributed by atoms with Gasteiger partial charge in [-0.1, -0.05) is 5.16 Å². The summed E-state index contributed by atoms with van der Waals surface area (Å²) in [6, 6.07) is 1.68. The smallest absolute Gasteiger partial charge is 0.264 e. The first kappa shape index (κ1) is 7.66. The Bertz CT molecular complexity index is 449. The van der Waals surface area contributed by atoms with Crippen LogP contribution in [0.3, 0.4) is 0 Å². The maximum atomic E-state index is 5.58. The van der Waals surface area contributed by atoms with Crippen molar-refractivity contribution in [3.8, 4) is 0 Å². The van der Waals surface area contributed by atoms with Gasteiger partial charge >= 0.3 is 0 Å². The van der Waals surface area contributed by atoms with Crippen LogP contribution >= 0.6 is 0 Å². The molecule has 0 atom stereocenters. The molecular formula is C7H9N5O. The van der Waals surface area contributed by atoms with Crippen LogP contribution < -0.4 is 16.8 Å². The molecule has 6 nitrogen and oxygen atoms in total. The van der Waals surface area contributed by atoms with Gasteiger partial charge in [0.05, 0.1) is 5.69 Å². The number of hydrogen-bond acceptors (Lipinski definition) is 6. The van der Waals surface area contributed by atoms with Crippen molar-refractivity contribution in [2.75, 3.05) is 23.8 Å². The second kappa shape index (κ2) is 2.51. The Morgan fingerprint density at radius 2 is 2.23 bits per heavy atom. The van der Waals surface area contributed by atoms with Crippen LogP contribution in [0.2, 0.25) is 0 Å². The topological polar surface area (TPSA) is 103 Å². The summed E-state index contributed by atoms with van der Waals surface area (Å²) in [5.74, 6) is 0.680. The first-order valence-corrected chi connectivity index (χ1v) is 3.71. The van der Waals surface area contributed by atoms with E-state index in [1.54, 1.807) is 13.1 Å². The number of aromatic nitrogens is 2. The molecular weight excluding hydrogens is 170 g/mol. The Kier molecular flexibility index (Phi) is 1.48. The third-order valence-corrected chi connectivity index (χ3v) is 1.76. The molecule has 13 heavy (non-hydrogen) atoms. The maximum Gasteiger partial charge on any atom is 0.264 e. The molecule has 2 heterocycles. The highest BCUT2D eigenvalue weighted by molar-refractivity contribution is 5.97. The maximum absolute atomic E-state index is 5.58. The average Bonchev–Trinajstić information content (AvgIpc) is 2.46. The van der Waals surface area contributed by atoms with Crippen molar-refractivity contribution >= 4 is 28.4 Å². The summed E-state index contributed by atoms with van der Waals surface area (Å²) < 4.78 is 4.87. The van der Waals surface area contributed by atoms with Gasteiger partial charge in [-0.05, 0) is 0 Å². The van der Waals surface area contributed by atoms with E-state index in [0.717, 1.165) is 5.69 Å². The summed E-state index contributed by atoms with van der Waals surface area (Å²) in [5, 5.41) is 7.19. The van der Waals surface area contributed by atoms with Gasteiger partial charge in [0.15, 0.2) is 5.82 Å². The molecule has 0 aliphatic heterocycles. The first-order chi connectivity index (χ1) is 6.22. The average molecular weight is 179 g/mol. The number of pyridine rings is 1. The number of nitrogens with two attached hydrogens (primary N) is 2. The van der Waals surface area contributed by atoms with Crippen LogP contribution in [0.4, 0.5) is 17.3 Å². The zero-order valence-electron chi connectivity index (χ0n) is 7.03. The lowest BCUT2D eigenvalue weighted by Gasteiger charge is -2.01. The van der Waals surface area contributed by atoms with E-state index >= 15 is 0 Å². The summed E-state index contributed by atoms with van der Waals surface area (Å²) in [6.45, 7) is 0. The van der Waals surface area contributed by atoms with Crippen molar-refractivity contribution in [3.05, 3.63) is 6.07 Å². The molecule has 0 amide bonds. The Balaban J connectivity index is 2.85. The molecule has 2 aromatic heterocycles. The van der Waals surface area contributed by atoms with Gasteiger partial charge in [0.25, 0.3) is 5.71 Å². The van der Waals surface area contributed by atoms with E-state index in [2.05, 4.69) is 15.5 Å². The molecule has 0 saturated carbocycles. The summed E-state index contributed by atoms with van der Waals surface area (Å²) in [5.41, 5.74) is 12.2. The van der Waals surface area contributed by atoms with Crippen LogP contribution in [0, 0.1) is 0 Å². The lowest BCUT2D eigenvalue weighted by Crippen LogP contribution is -1.96. The molecule has 2 rings (SSSR count). The molecule has 0 aromatic carbocycles. The fraction of sp³-hybridized carbons (Fsp3) is 0.143. The second-order valence-electron chi connectivity index (χ2n) is 2.59. The number of nitrogens with zero attached hydrogens (tertiary/aromatic N) is 2. The minimum absolute atomic E-state index is 0.312. The monoisotopic (exact) mass is 179 g/mol. The highest BCUT2D eigenvalue weighted by atomic mass is 16.5. The van der Waals surface area contributed by atoms with Gasteiger partial charge in [-0.25, -0.2) is 0 Å². The molecule has 0 bridgehead atoms. The van der Waals surface area contributed by atoms with Gasteiger partial charge in [-0.15, -0.1) is 0 Å². The van der Waals surface area contributed by atoms with Gasteiger partial charge in [0.2, 0.25) is 0 Å². The van der Waals surface area contributed by atoms with Gasteiger partial charge in [-0.3, -0.25) is 0 Å². The van der Waals surface area contributed by atoms with Crippen LogP contribution in [0.25, 0.3) is 11.1 Å². The van der Waals surface area contributed by atoms with Gasteiger partial charge < -0.3 is 21.3 Å². The fourth-order valence-corrected chi connectivity index (χ4v) is 1.19. The number of rotatable bonds is 1. The molecule has 6 heteroatoms. The minimum atomic E-state index is 0.312. The Labute approximate surface area is 73.9 Å². The van der Waals surface area contributed by atoms with E-state index in [-0.39, 0.29) is 0 Å². The zero-order chi connectivity index (χ0) is 9.42. The van der Waals surface area contributed by atoms with Crippen molar-refractivity contribution in [3.63, 3.8) is 0 Å². The van der Waals surface area contributed by atoms with E-state index in [0.29, 0.717) is 22.7 Å². The summed E-state index contributed by atoms with van der Waals surface area (Å²) in [7, 11) is 1.76. The predicted octanol–water partition coefficient (Wildman–Crippen LogP) is 0.429. The van der Waals surface area contributed by atoms with Gasteiger partial charge in [-0.2, -0.15) is 4.98 Å². The van der Waals surface area contributed by atoms with Crippen molar-refractivity contribution in [1.29, 1.82) is 0 Å². The molecule has 2 aromatic rings. The number of anilines is 3. The van der Waals surface area contributed by atoms with E-state index in [4.69, 9.17) is 16.0 Å². The molecule has 68 valence electrons. The second-order valence-corrected chi connectivity index (χ2v) is 2.59. The van der Waals surface area contributed by atoms with Crippen molar-refractivity contribution in [2.45, 2.75) is 0 Å². The lowest BCUT2D eigenvalue weighted by molar-refractivity contribution is 0.453. The van der Waals surface area contributed by atoms with Crippen LogP contribution in [-0.4, -0.2) is 17.2 Å². The molecule has 0 aliphatic rings. The molecule has 0 unspecified atom stereocenters. The Morgan fingerprint density at radius 3 is 2.92 bits per heavy atom. The fourth-order valence-electron chi connectivity index (χ4n) is 1.19. The summed E-state index contributed by atoms with van der Waals surface area (Å²) in [4.78, 5) is 3.93. The van der Waals surface area contributed by atoms with E-state index < -0.39 is 0 Å². The first-order valence-electron chi connectivity index (χ1n) is 3.71. The lowest BCUT2D eigenvalue weighted by atomic mass is 10.3. The molecule has 0 spiro atoms. The quantitative estimate of drug-likeness (QED) is 0.586. The summed E-state index contributed by atoms with van der Waals surface area (Å²) in [6.07, 6.45) is 0. The standard InChI is InChI=1S/C7H9N5O/c1-10-3-2-4(8)11-7-5(3)6(9)12-13-7/h2H,1H3,(H2,9,12)(H3,8,10,11). The molecule has 5 N–H and O–H groups in total. The normalized spacial score (nSPS) is 10.5. The molecule has 0 aliphatic carbocycles. The van der Waals surface area contributed by atoms with Crippen LogP contribution in [0.5, 0.6) is 0 Å². The third-order valence-electron chi connectivity index (χ3n) is 1.76. The minimum Gasteiger partial charge on any atom is -0.387 e. The number of fused-ring (bicyclic) bond motifs is 1. The Morgan fingerprint density at radius 1 is 1.46 bits per heavy atom. The summed E-state index contributed by atoms with van der Waals surface area (Å²) >= 11 is 0. The number of nitrogen functional groups attached to an aromatic ring is 2. The highest BCUT2D eigenvalue weighted by Crippen LogP contribution is 2.28.